The lowest BCUT2D eigenvalue weighted by atomic mass is 9.95. The Morgan fingerprint density at radius 2 is 1.93 bits per heavy atom. The van der Waals surface area contributed by atoms with Crippen molar-refractivity contribution in [3.05, 3.63) is 60.2 Å². The maximum atomic E-state index is 5.34. The van der Waals surface area contributed by atoms with Gasteiger partial charge in [-0.05, 0) is 59.2 Å². The van der Waals surface area contributed by atoms with Crippen molar-refractivity contribution in [1.29, 1.82) is 0 Å². The van der Waals surface area contributed by atoms with Gasteiger partial charge >= 0.3 is 0 Å². The molecule has 0 spiro atoms. The average molecular weight is 403 g/mol. The molecule has 1 fully saturated rings. The van der Waals surface area contributed by atoms with Crippen LogP contribution in [0.3, 0.4) is 0 Å². The van der Waals surface area contributed by atoms with Crippen LogP contribution in [0.15, 0.2) is 48.8 Å². The highest BCUT2D eigenvalue weighted by molar-refractivity contribution is 5.78. The molecule has 5 rings (SSSR count). The average Bonchev–Trinajstić information content (AvgIpc) is 3.47. The van der Waals surface area contributed by atoms with Gasteiger partial charge in [0.15, 0.2) is 5.82 Å². The molecule has 1 aliphatic rings. The maximum absolute atomic E-state index is 5.34. The Bertz CT molecular complexity index is 1110. The number of H-pyrrole nitrogens is 1. The van der Waals surface area contributed by atoms with Crippen molar-refractivity contribution >= 4 is 16.7 Å². The van der Waals surface area contributed by atoms with Crippen molar-refractivity contribution in [3.8, 4) is 5.75 Å². The van der Waals surface area contributed by atoms with Crippen LogP contribution in [-0.2, 0) is 0 Å². The lowest BCUT2D eigenvalue weighted by Gasteiger charge is -2.26. The number of hydrogen-bond donors (Lipinski definition) is 2. The summed E-state index contributed by atoms with van der Waals surface area (Å²) < 4.78 is 7.36. The van der Waals surface area contributed by atoms with Crippen LogP contribution in [0.1, 0.15) is 55.6 Å². The number of benzene rings is 2. The third-order valence-electron chi connectivity index (χ3n) is 5.88. The predicted molar refractivity (Wildman–Crippen MR) is 114 cm³/mol. The van der Waals surface area contributed by atoms with E-state index in [9.17, 15) is 0 Å². The van der Waals surface area contributed by atoms with Crippen molar-refractivity contribution in [2.24, 2.45) is 0 Å². The van der Waals surface area contributed by atoms with Gasteiger partial charge in [0.05, 0.1) is 30.5 Å². The molecule has 0 aliphatic heterocycles. The topological polar surface area (TPSA) is 93.5 Å². The highest BCUT2D eigenvalue weighted by Crippen LogP contribution is 2.33. The van der Waals surface area contributed by atoms with E-state index in [1.165, 1.54) is 19.3 Å². The summed E-state index contributed by atoms with van der Waals surface area (Å²) in [6.45, 7) is 0. The Morgan fingerprint density at radius 1 is 1.10 bits per heavy atom. The van der Waals surface area contributed by atoms with Crippen LogP contribution in [-0.4, -0.2) is 37.3 Å². The molecule has 2 heterocycles. The molecule has 2 N–H and O–H groups in total. The van der Waals surface area contributed by atoms with Crippen LogP contribution in [0.2, 0.25) is 0 Å². The van der Waals surface area contributed by atoms with Crippen LogP contribution in [0, 0.1) is 0 Å². The van der Waals surface area contributed by atoms with Gasteiger partial charge in [0.1, 0.15) is 11.8 Å². The second-order valence-electron chi connectivity index (χ2n) is 7.76. The first kappa shape index (κ1) is 18.6. The van der Waals surface area contributed by atoms with Crippen LogP contribution in [0.25, 0.3) is 11.0 Å². The zero-order valence-corrected chi connectivity index (χ0v) is 17.0. The fraction of sp³-hybridized carbons (Fsp3) is 0.364. The molecular formula is C22H25N7O. The van der Waals surface area contributed by atoms with Crippen molar-refractivity contribution in [2.75, 3.05) is 12.4 Å². The summed E-state index contributed by atoms with van der Waals surface area (Å²) >= 11 is 0. The molecule has 0 saturated heterocycles. The molecule has 8 nitrogen and oxygen atoms in total. The van der Waals surface area contributed by atoms with Gasteiger partial charge in [-0.3, -0.25) is 0 Å². The Labute approximate surface area is 174 Å². The number of fused-ring (bicyclic) bond motifs is 1. The molecule has 1 atom stereocenters. The van der Waals surface area contributed by atoms with Crippen LogP contribution in [0.5, 0.6) is 5.75 Å². The highest BCUT2D eigenvalue weighted by Gasteiger charge is 2.26. The number of aromatic nitrogens is 6. The summed E-state index contributed by atoms with van der Waals surface area (Å²) in [5, 5.41) is 16.5. The minimum Gasteiger partial charge on any atom is -0.497 e. The van der Waals surface area contributed by atoms with Gasteiger partial charge in [0.2, 0.25) is 0 Å². The zero-order valence-electron chi connectivity index (χ0n) is 17.0. The van der Waals surface area contributed by atoms with Gasteiger partial charge in [-0.1, -0.05) is 31.4 Å². The van der Waals surface area contributed by atoms with Crippen molar-refractivity contribution in [1.82, 2.24) is 30.2 Å². The SMILES string of the molecule is COc1ccc(C(Nc2ccc3[nH]cnc3c2)c2nnnn2C2CCCCC2)cc1. The largest absolute Gasteiger partial charge is 0.497 e. The summed E-state index contributed by atoms with van der Waals surface area (Å²) in [5.74, 6) is 1.65. The third kappa shape index (κ3) is 3.60. The molecule has 2 aromatic carbocycles. The smallest absolute Gasteiger partial charge is 0.178 e. The fourth-order valence-electron chi connectivity index (χ4n) is 4.26. The van der Waals surface area contributed by atoms with Gasteiger partial charge in [-0.25, -0.2) is 9.67 Å². The lowest BCUT2D eigenvalue weighted by molar-refractivity contribution is 0.315. The third-order valence-corrected chi connectivity index (χ3v) is 5.88. The molecule has 0 bridgehead atoms. The standard InChI is InChI=1S/C22H25N7O/c1-30-18-10-7-15(8-11-18)21(25-16-9-12-19-20(13-16)24-14-23-19)22-26-27-28-29(22)17-5-3-2-4-6-17/h7-14,17,21,25H,2-6H2,1H3,(H,23,24). The Kier molecular flexibility index (Phi) is 5.04. The summed E-state index contributed by atoms with van der Waals surface area (Å²) in [6.07, 6.45) is 7.68. The predicted octanol–water partition coefficient (Wildman–Crippen LogP) is 4.26. The Balaban J connectivity index is 1.53. The van der Waals surface area contributed by atoms with E-state index in [0.29, 0.717) is 6.04 Å². The number of methoxy groups -OCH3 is 1. The number of rotatable bonds is 6. The molecule has 4 aromatic rings. The normalized spacial score (nSPS) is 15.9. The molecule has 0 amide bonds. The molecule has 1 aliphatic carbocycles. The van der Waals surface area contributed by atoms with Crippen molar-refractivity contribution in [3.63, 3.8) is 0 Å². The van der Waals surface area contributed by atoms with E-state index in [2.05, 4.69) is 42.9 Å². The lowest BCUT2D eigenvalue weighted by Crippen LogP contribution is -2.23. The summed E-state index contributed by atoms with van der Waals surface area (Å²) in [6, 6.07) is 14.3. The molecular weight excluding hydrogens is 378 g/mol. The van der Waals surface area contributed by atoms with Crippen molar-refractivity contribution in [2.45, 2.75) is 44.2 Å². The Hall–Kier alpha value is -3.42. The molecule has 2 aromatic heterocycles. The van der Waals surface area contributed by atoms with Gasteiger partial charge in [-0.15, -0.1) is 5.10 Å². The van der Waals surface area contributed by atoms with E-state index in [4.69, 9.17) is 4.74 Å². The van der Waals surface area contributed by atoms with Crippen LogP contribution in [0.4, 0.5) is 5.69 Å². The molecule has 8 heteroatoms. The first-order valence-electron chi connectivity index (χ1n) is 10.4. The van der Waals surface area contributed by atoms with Gasteiger partial charge in [-0.2, -0.15) is 0 Å². The van der Waals surface area contributed by atoms with Gasteiger partial charge in [0.25, 0.3) is 0 Å². The number of aromatic amines is 1. The van der Waals surface area contributed by atoms with E-state index in [1.807, 2.05) is 35.0 Å². The number of nitrogens with zero attached hydrogens (tertiary/aromatic N) is 5. The number of ether oxygens (including phenoxy) is 1. The van der Waals surface area contributed by atoms with Gasteiger partial charge in [0, 0.05) is 5.69 Å². The first-order valence-corrected chi connectivity index (χ1v) is 10.4. The number of hydrogen-bond acceptors (Lipinski definition) is 6. The van der Waals surface area contributed by atoms with E-state index >= 15 is 0 Å². The van der Waals surface area contributed by atoms with E-state index in [0.717, 1.165) is 46.7 Å². The van der Waals surface area contributed by atoms with Crippen LogP contribution < -0.4 is 10.1 Å². The molecule has 0 radical (unpaired) electrons. The number of imidazole rings is 1. The highest BCUT2D eigenvalue weighted by atomic mass is 16.5. The number of anilines is 1. The zero-order chi connectivity index (χ0) is 20.3. The molecule has 154 valence electrons. The second kappa shape index (κ2) is 8.14. The van der Waals surface area contributed by atoms with Crippen molar-refractivity contribution < 1.29 is 4.74 Å². The summed E-state index contributed by atoms with van der Waals surface area (Å²) in [7, 11) is 1.67. The van der Waals surface area contributed by atoms with Gasteiger partial charge < -0.3 is 15.0 Å². The van der Waals surface area contributed by atoms with E-state index in [1.54, 1.807) is 13.4 Å². The monoisotopic (exact) mass is 403 g/mol. The number of tetrazole rings is 1. The summed E-state index contributed by atoms with van der Waals surface area (Å²) in [4.78, 5) is 7.51. The van der Waals surface area contributed by atoms with E-state index < -0.39 is 0 Å². The minimum atomic E-state index is -0.191. The molecule has 30 heavy (non-hydrogen) atoms. The summed E-state index contributed by atoms with van der Waals surface area (Å²) in [5.41, 5.74) is 3.97. The number of nitrogens with one attached hydrogen (secondary N) is 2. The minimum absolute atomic E-state index is 0.191. The van der Waals surface area contributed by atoms with E-state index in [-0.39, 0.29) is 6.04 Å². The molecule has 1 unspecified atom stereocenters. The Morgan fingerprint density at radius 3 is 2.73 bits per heavy atom. The maximum Gasteiger partial charge on any atom is 0.178 e. The second-order valence-corrected chi connectivity index (χ2v) is 7.76. The fourth-order valence-corrected chi connectivity index (χ4v) is 4.26. The first-order chi connectivity index (χ1) is 14.8. The molecule has 1 saturated carbocycles. The van der Waals surface area contributed by atoms with Crippen LogP contribution >= 0.6 is 0 Å². The quantitative estimate of drug-likeness (QED) is 0.499.